The number of nitrogens with zero attached hydrogens (tertiary/aromatic N) is 2. The highest BCUT2D eigenvalue weighted by atomic mass is 19.2. The topological polar surface area (TPSA) is 63.8 Å². The number of aromatic nitrogens is 2. The van der Waals surface area contributed by atoms with Gasteiger partial charge < -0.3 is 0 Å². The van der Waals surface area contributed by atoms with Crippen molar-refractivity contribution in [3.63, 3.8) is 0 Å². The first kappa shape index (κ1) is 13.5. The molecule has 0 fully saturated rings. The third-order valence-corrected chi connectivity index (χ3v) is 2.88. The summed E-state index contributed by atoms with van der Waals surface area (Å²) < 4.78 is 27.6. The highest BCUT2D eigenvalue weighted by Gasteiger charge is 2.21. The Balaban J connectivity index is 2.51. The van der Waals surface area contributed by atoms with Gasteiger partial charge in [-0.25, -0.2) is 24.2 Å². The van der Waals surface area contributed by atoms with Crippen molar-refractivity contribution in [1.82, 2.24) is 15.4 Å². The highest BCUT2D eigenvalue weighted by molar-refractivity contribution is 5.32. The van der Waals surface area contributed by atoms with E-state index in [1.165, 1.54) is 19.1 Å². The predicted octanol–water partition coefficient (Wildman–Crippen LogP) is 1.92. The van der Waals surface area contributed by atoms with E-state index in [4.69, 9.17) is 5.84 Å². The second-order valence-corrected chi connectivity index (χ2v) is 4.23. The molecule has 19 heavy (non-hydrogen) atoms. The van der Waals surface area contributed by atoms with Crippen LogP contribution in [0.3, 0.4) is 0 Å². The highest BCUT2D eigenvalue weighted by Crippen LogP contribution is 2.25. The normalized spacial score (nSPS) is 12.5. The lowest BCUT2D eigenvalue weighted by Crippen LogP contribution is -2.30. The van der Waals surface area contributed by atoms with Crippen LogP contribution in [0.2, 0.25) is 0 Å². The van der Waals surface area contributed by atoms with Crippen molar-refractivity contribution in [3.05, 3.63) is 58.7 Å². The molecule has 1 heterocycles. The maximum atomic E-state index is 14.0. The second-order valence-electron chi connectivity index (χ2n) is 4.23. The van der Waals surface area contributed by atoms with Crippen LogP contribution in [0.1, 0.15) is 28.7 Å². The molecule has 0 bridgehead atoms. The van der Waals surface area contributed by atoms with Crippen molar-refractivity contribution in [2.75, 3.05) is 0 Å². The summed E-state index contributed by atoms with van der Waals surface area (Å²) in [5, 5.41) is 0. The molecule has 0 amide bonds. The average Bonchev–Trinajstić information content (AvgIpc) is 2.40. The summed E-state index contributed by atoms with van der Waals surface area (Å²) in [4.78, 5) is 8.13. The number of hydrazine groups is 1. The molecule has 3 N–H and O–H groups in total. The van der Waals surface area contributed by atoms with Gasteiger partial charge in [-0.2, -0.15) is 0 Å². The molecule has 0 aliphatic heterocycles. The van der Waals surface area contributed by atoms with E-state index < -0.39 is 17.7 Å². The first-order valence-corrected chi connectivity index (χ1v) is 5.74. The molecule has 0 aliphatic rings. The number of halogens is 2. The molecule has 0 radical (unpaired) electrons. The molecule has 0 saturated heterocycles. The van der Waals surface area contributed by atoms with Gasteiger partial charge >= 0.3 is 0 Å². The molecule has 100 valence electrons. The summed E-state index contributed by atoms with van der Waals surface area (Å²) in [6.07, 6.45) is 1.55. The molecule has 1 aromatic carbocycles. The lowest BCUT2D eigenvalue weighted by molar-refractivity contribution is 0.476. The van der Waals surface area contributed by atoms with E-state index in [0.29, 0.717) is 11.5 Å². The minimum absolute atomic E-state index is 0.115. The third kappa shape index (κ3) is 2.59. The fraction of sp³-hybridized carbons (Fsp3) is 0.231. The Morgan fingerprint density at radius 1 is 1.16 bits per heavy atom. The molecule has 1 unspecified atom stereocenters. The molecule has 4 nitrogen and oxygen atoms in total. The minimum Gasteiger partial charge on any atom is -0.271 e. The van der Waals surface area contributed by atoms with Gasteiger partial charge in [-0.15, -0.1) is 0 Å². The van der Waals surface area contributed by atoms with E-state index in [1.807, 2.05) is 0 Å². The molecule has 2 aromatic rings. The molecule has 6 heteroatoms. The molecule has 1 atom stereocenters. The number of benzene rings is 1. The molecule has 0 spiro atoms. The van der Waals surface area contributed by atoms with E-state index in [2.05, 4.69) is 15.4 Å². The molecule has 1 aromatic heterocycles. The minimum atomic E-state index is -0.917. The lowest BCUT2D eigenvalue weighted by atomic mass is 10.0. The summed E-state index contributed by atoms with van der Waals surface area (Å²) in [5.74, 6) is 4.19. The Bertz CT molecular complexity index is 601. The summed E-state index contributed by atoms with van der Waals surface area (Å²) in [5.41, 5.74) is 3.30. The van der Waals surface area contributed by atoms with Gasteiger partial charge in [0.1, 0.15) is 5.82 Å². The smallest absolute Gasteiger partial charge is 0.164 e. The van der Waals surface area contributed by atoms with Gasteiger partial charge in [0.15, 0.2) is 11.6 Å². The van der Waals surface area contributed by atoms with Crippen LogP contribution in [0.5, 0.6) is 0 Å². The Morgan fingerprint density at radius 3 is 2.53 bits per heavy atom. The van der Waals surface area contributed by atoms with E-state index >= 15 is 0 Å². The maximum Gasteiger partial charge on any atom is 0.164 e. The van der Waals surface area contributed by atoms with E-state index in [0.717, 1.165) is 0 Å². The SMILES string of the molecule is Cc1nccc(C(NN)c2ccc(C)c(F)c2F)n1. The van der Waals surface area contributed by atoms with Gasteiger partial charge in [0.05, 0.1) is 11.7 Å². The van der Waals surface area contributed by atoms with Crippen LogP contribution in [-0.4, -0.2) is 9.97 Å². The summed E-state index contributed by atoms with van der Waals surface area (Å²) in [6.45, 7) is 3.21. The molecule has 0 aliphatic carbocycles. The van der Waals surface area contributed by atoms with Crippen molar-refractivity contribution in [3.8, 4) is 0 Å². The fourth-order valence-corrected chi connectivity index (χ4v) is 1.85. The molecule has 0 saturated carbocycles. The third-order valence-electron chi connectivity index (χ3n) is 2.88. The van der Waals surface area contributed by atoms with Crippen LogP contribution in [0.15, 0.2) is 24.4 Å². The average molecular weight is 264 g/mol. The monoisotopic (exact) mass is 264 g/mol. The van der Waals surface area contributed by atoms with Crippen molar-refractivity contribution in [2.24, 2.45) is 5.84 Å². The quantitative estimate of drug-likeness (QED) is 0.656. The van der Waals surface area contributed by atoms with Crippen LogP contribution in [0, 0.1) is 25.5 Å². The second kappa shape index (κ2) is 5.38. The first-order valence-electron chi connectivity index (χ1n) is 5.74. The van der Waals surface area contributed by atoms with Crippen molar-refractivity contribution in [1.29, 1.82) is 0 Å². The van der Waals surface area contributed by atoms with Crippen molar-refractivity contribution >= 4 is 0 Å². The predicted molar refractivity (Wildman–Crippen MR) is 67.0 cm³/mol. The zero-order valence-corrected chi connectivity index (χ0v) is 10.6. The molecular formula is C13H14F2N4. The lowest BCUT2D eigenvalue weighted by Gasteiger charge is -2.17. The van der Waals surface area contributed by atoms with Gasteiger partial charge in [0.2, 0.25) is 0 Å². The largest absolute Gasteiger partial charge is 0.271 e. The van der Waals surface area contributed by atoms with Crippen LogP contribution in [0.25, 0.3) is 0 Å². The summed E-state index contributed by atoms with van der Waals surface area (Å²) >= 11 is 0. The molecule has 2 rings (SSSR count). The number of hydrogen-bond acceptors (Lipinski definition) is 4. The van der Waals surface area contributed by atoms with Gasteiger partial charge in [-0.3, -0.25) is 5.84 Å². The number of aryl methyl sites for hydroxylation is 2. The Labute approximate surface area is 109 Å². The number of rotatable bonds is 3. The Morgan fingerprint density at radius 2 is 1.89 bits per heavy atom. The van der Waals surface area contributed by atoms with Crippen molar-refractivity contribution in [2.45, 2.75) is 19.9 Å². The van der Waals surface area contributed by atoms with Gasteiger partial charge in [0, 0.05) is 11.8 Å². The maximum absolute atomic E-state index is 14.0. The van der Waals surface area contributed by atoms with Crippen LogP contribution in [-0.2, 0) is 0 Å². The standard InChI is InChI=1S/C13H14F2N4/c1-7-3-4-9(12(15)11(7)14)13(19-16)10-5-6-17-8(2)18-10/h3-6,13,19H,16H2,1-2H3. The number of nitrogens with two attached hydrogens (primary N) is 1. The van der Waals surface area contributed by atoms with Gasteiger partial charge in [0.25, 0.3) is 0 Å². The van der Waals surface area contributed by atoms with Crippen molar-refractivity contribution < 1.29 is 8.78 Å². The van der Waals surface area contributed by atoms with Crippen LogP contribution in [0.4, 0.5) is 8.78 Å². The zero-order chi connectivity index (χ0) is 14.0. The molecular weight excluding hydrogens is 250 g/mol. The van der Waals surface area contributed by atoms with Crippen LogP contribution >= 0.6 is 0 Å². The van der Waals surface area contributed by atoms with E-state index in [-0.39, 0.29) is 11.1 Å². The van der Waals surface area contributed by atoms with Gasteiger partial charge in [-0.1, -0.05) is 12.1 Å². The Kier molecular flexibility index (Phi) is 3.82. The van der Waals surface area contributed by atoms with Gasteiger partial charge in [-0.05, 0) is 25.5 Å². The fourth-order valence-electron chi connectivity index (χ4n) is 1.85. The summed E-state index contributed by atoms with van der Waals surface area (Å²) in [6, 6.07) is 3.88. The zero-order valence-electron chi connectivity index (χ0n) is 10.6. The van der Waals surface area contributed by atoms with Crippen LogP contribution < -0.4 is 11.3 Å². The summed E-state index contributed by atoms with van der Waals surface area (Å²) in [7, 11) is 0. The first-order chi connectivity index (χ1) is 9.04. The number of hydrogen-bond donors (Lipinski definition) is 2. The number of nitrogens with one attached hydrogen (secondary N) is 1. The van der Waals surface area contributed by atoms with E-state index in [1.54, 1.807) is 19.2 Å². The van der Waals surface area contributed by atoms with E-state index in [9.17, 15) is 8.78 Å². The Hall–Kier alpha value is -1.92.